The molecule has 1 atom stereocenters. The summed E-state index contributed by atoms with van der Waals surface area (Å²) in [5.41, 5.74) is 2.08. The van der Waals surface area contributed by atoms with Gasteiger partial charge >= 0.3 is 0 Å². The van der Waals surface area contributed by atoms with Crippen LogP contribution in [0.4, 0.5) is 4.39 Å². The lowest BCUT2D eigenvalue weighted by Crippen LogP contribution is -2.06. The summed E-state index contributed by atoms with van der Waals surface area (Å²) >= 11 is 0. The maximum atomic E-state index is 13.5. The van der Waals surface area contributed by atoms with Crippen LogP contribution in [0.25, 0.3) is 11.4 Å². The third-order valence-corrected chi connectivity index (χ3v) is 4.43. The van der Waals surface area contributed by atoms with Crippen molar-refractivity contribution >= 4 is 0 Å². The van der Waals surface area contributed by atoms with Gasteiger partial charge in [0.2, 0.25) is 0 Å². The van der Waals surface area contributed by atoms with E-state index in [9.17, 15) is 9.50 Å². The molecular weight excluding hydrogens is 323 g/mol. The molecule has 7 heteroatoms. The van der Waals surface area contributed by atoms with E-state index >= 15 is 0 Å². The molecule has 6 nitrogen and oxygen atoms in total. The zero-order valence-corrected chi connectivity index (χ0v) is 13.9. The Morgan fingerprint density at radius 3 is 2.96 bits per heavy atom. The predicted octanol–water partition coefficient (Wildman–Crippen LogP) is 3.13. The van der Waals surface area contributed by atoms with Gasteiger partial charge in [-0.3, -0.25) is 0 Å². The Kier molecular flexibility index (Phi) is 4.09. The van der Waals surface area contributed by atoms with Crippen LogP contribution in [0.1, 0.15) is 42.9 Å². The van der Waals surface area contributed by atoms with Crippen LogP contribution in [0.2, 0.25) is 0 Å². The van der Waals surface area contributed by atoms with Gasteiger partial charge in [-0.15, -0.1) is 0 Å². The molecule has 2 aromatic heterocycles. The van der Waals surface area contributed by atoms with E-state index in [0.717, 1.165) is 18.0 Å². The number of hydrogen-bond acceptors (Lipinski definition) is 5. The zero-order chi connectivity index (χ0) is 17.4. The molecule has 1 aliphatic rings. The largest absolute Gasteiger partial charge is 0.389 e. The fourth-order valence-electron chi connectivity index (χ4n) is 2.96. The maximum Gasteiger partial charge on any atom is 0.158 e. The molecule has 130 valence electrons. The van der Waals surface area contributed by atoms with E-state index in [-0.39, 0.29) is 0 Å². The molecule has 25 heavy (non-hydrogen) atoms. The van der Waals surface area contributed by atoms with Gasteiger partial charge in [0.25, 0.3) is 0 Å². The van der Waals surface area contributed by atoms with Crippen LogP contribution in [0.15, 0.2) is 35.1 Å². The van der Waals surface area contributed by atoms with Gasteiger partial charge in [-0.05, 0) is 55.9 Å². The smallest absolute Gasteiger partial charge is 0.158 e. The van der Waals surface area contributed by atoms with Crippen LogP contribution >= 0.6 is 0 Å². The van der Waals surface area contributed by atoms with Crippen molar-refractivity contribution in [2.24, 2.45) is 5.92 Å². The molecule has 2 heterocycles. The Morgan fingerprint density at radius 2 is 2.20 bits per heavy atom. The van der Waals surface area contributed by atoms with E-state index in [0.29, 0.717) is 29.3 Å². The second-order valence-corrected chi connectivity index (χ2v) is 6.58. The molecule has 0 radical (unpaired) electrons. The number of halogens is 1. The topological polar surface area (TPSA) is 77.0 Å². The molecule has 4 rings (SSSR count). The number of aromatic nitrogens is 4. The van der Waals surface area contributed by atoms with Crippen molar-refractivity contribution in [2.45, 2.75) is 38.8 Å². The number of aliphatic hydroxyl groups excluding tert-OH is 1. The van der Waals surface area contributed by atoms with Gasteiger partial charge in [0.15, 0.2) is 11.6 Å². The van der Waals surface area contributed by atoms with E-state index in [4.69, 9.17) is 4.52 Å². The molecule has 0 saturated heterocycles. The second kappa shape index (κ2) is 6.40. The molecule has 3 aromatic rings. The van der Waals surface area contributed by atoms with E-state index in [2.05, 4.69) is 15.2 Å². The minimum Gasteiger partial charge on any atom is -0.389 e. The van der Waals surface area contributed by atoms with Gasteiger partial charge in [0.1, 0.15) is 18.7 Å². The number of nitrogens with zero attached hydrogens (tertiary/aromatic N) is 4. The van der Waals surface area contributed by atoms with Crippen molar-refractivity contribution in [3.05, 3.63) is 53.4 Å². The molecular formula is C18H19FN4O2. The Labute approximate surface area is 144 Å². The van der Waals surface area contributed by atoms with Gasteiger partial charge in [0.05, 0.1) is 11.8 Å². The van der Waals surface area contributed by atoms with Crippen LogP contribution in [0, 0.1) is 11.7 Å². The third-order valence-electron chi connectivity index (χ3n) is 4.43. The van der Waals surface area contributed by atoms with E-state index in [1.165, 1.54) is 31.3 Å². The third kappa shape index (κ3) is 3.46. The zero-order valence-electron chi connectivity index (χ0n) is 13.9. The van der Waals surface area contributed by atoms with Gasteiger partial charge < -0.3 is 9.63 Å². The fourth-order valence-corrected chi connectivity index (χ4v) is 2.96. The van der Waals surface area contributed by atoms with Crippen molar-refractivity contribution in [3.8, 4) is 11.4 Å². The number of hydrogen-bond donors (Lipinski definition) is 1. The first-order valence-electron chi connectivity index (χ1n) is 8.40. The second-order valence-electron chi connectivity index (χ2n) is 6.58. The van der Waals surface area contributed by atoms with E-state index in [1.807, 2.05) is 6.07 Å². The molecule has 1 saturated carbocycles. The first-order chi connectivity index (χ1) is 12.1. The molecule has 0 aliphatic heterocycles. The van der Waals surface area contributed by atoms with E-state index < -0.39 is 11.9 Å². The average Bonchev–Trinajstić information content (AvgIpc) is 3.09. The van der Waals surface area contributed by atoms with Crippen molar-refractivity contribution in [2.75, 3.05) is 0 Å². The highest BCUT2D eigenvalue weighted by Gasteiger charge is 2.23. The van der Waals surface area contributed by atoms with Crippen LogP contribution < -0.4 is 0 Å². The first kappa shape index (κ1) is 16.0. The lowest BCUT2D eigenvalue weighted by molar-refractivity contribution is 0.199. The highest BCUT2D eigenvalue weighted by molar-refractivity contribution is 5.61. The minimum absolute atomic E-state index is 0.379. The highest BCUT2D eigenvalue weighted by Crippen LogP contribution is 2.32. The monoisotopic (exact) mass is 342 g/mol. The summed E-state index contributed by atoms with van der Waals surface area (Å²) < 4.78 is 20.6. The van der Waals surface area contributed by atoms with Crippen LogP contribution in [-0.2, 0) is 13.0 Å². The molecule has 0 unspecified atom stereocenters. The SMILES string of the molecule is C[C@@H](O)c1cc(F)ccc1-c1ncnn1Cc1cc(CC2CC2)no1. The van der Waals surface area contributed by atoms with E-state index in [1.54, 1.807) is 17.7 Å². The van der Waals surface area contributed by atoms with Gasteiger partial charge in [-0.2, -0.15) is 5.10 Å². The lowest BCUT2D eigenvalue weighted by atomic mass is 10.0. The van der Waals surface area contributed by atoms with Crippen LogP contribution in [0.3, 0.4) is 0 Å². The summed E-state index contributed by atoms with van der Waals surface area (Å²) in [5, 5.41) is 18.3. The molecule has 1 aliphatic carbocycles. The average molecular weight is 342 g/mol. The molecule has 1 fully saturated rings. The van der Waals surface area contributed by atoms with Gasteiger partial charge in [-0.25, -0.2) is 14.1 Å². The normalized spacial score (nSPS) is 15.5. The Balaban J connectivity index is 1.61. The summed E-state index contributed by atoms with van der Waals surface area (Å²) in [4.78, 5) is 4.28. The van der Waals surface area contributed by atoms with Crippen molar-refractivity contribution in [1.82, 2.24) is 19.9 Å². The predicted molar refractivity (Wildman–Crippen MR) is 88.1 cm³/mol. The number of rotatable bonds is 6. The Morgan fingerprint density at radius 1 is 1.36 bits per heavy atom. The summed E-state index contributed by atoms with van der Waals surface area (Å²) in [6.45, 7) is 1.98. The molecule has 0 bridgehead atoms. The first-order valence-corrected chi connectivity index (χ1v) is 8.40. The van der Waals surface area contributed by atoms with Gasteiger partial charge in [-0.1, -0.05) is 5.16 Å². The van der Waals surface area contributed by atoms with Crippen LogP contribution in [0.5, 0.6) is 0 Å². The fraction of sp³-hybridized carbons (Fsp3) is 0.389. The number of aliphatic hydroxyl groups is 1. The minimum atomic E-state index is -0.814. The lowest BCUT2D eigenvalue weighted by Gasteiger charge is -2.12. The van der Waals surface area contributed by atoms with Crippen molar-refractivity contribution in [1.29, 1.82) is 0 Å². The summed E-state index contributed by atoms with van der Waals surface area (Å²) in [6, 6.07) is 6.23. The summed E-state index contributed by atoms with van der Waals surface area (Å²) in [5.74, 6) is 1.59. The standard InChI is InChI=1S/C18H19FN4O2/c1-11(24)17-7-13(19)4-5-16(17)18-20-10-21-23(18)9-15-8-14(22-25-15)6-12-2-3-12/h4-5,7-8,10-12,24H,2-3,6,9H2,1H3/t11-/m1/s1. The molecule has 1 aromatic carbocycles. The Hall–Kier alpha value is -2.54. The Bertz CT molecular complexity index is 883. The van der Waals surface area contributed by atoms with Crippen LogP contribution in [-0.4, -0.2) is 25.0 Å². The summed E-state index contributed by atoms with van der Waals surface area (Å²) in [7, 11) is 0. The number of benzene rings is 1. The maximum absolute atomic E-state index is 13.5. The quantitative estimate of drug-likeness (QED) is 0.745. The highest BCUT2D eigenvalue weighted by atomic mass is 19.1. The summed E-state index contributed by atoms with van der Waals surface area (Å²) in [6.07, 6.45) is 4.11. The molecule has 0 amide bonds. The van der Waals surface area contributed by atoms with Crippen molar-refractivity contribution < 1.29 is 14.0 Å². The van der Waals surface area contributed by atoms with Crippen molar-refractivity contribution in [3.63, 3.8) is 0 Å². The van der Waals surface area contributed by atoms with Gasteiger partial charge in [0, 0.05) is 11.6 Å². The molecule has 0 spiro atoms. The molecule has 1 N–H and O–H groups in total.